The molecule has 0 aliphatic carbocycles. The van der Waals surface area contributed by atoms with E-state index in [0.29, 0.717) is 0 Å². The van der Waals surface area contributed by atoms with Crippen LogP contribution in [0, 0.1) is 23.3 Å². The number of hydrogen-bond donors (Lipinski definition) is 0. The third-order valence-corrected chi connectivity index (χ3v) is 5.34. The molecule has 0 amide bonds. The molecule has 2 saturated heterocycles. The molecule has 14 heteroatoms. The van der Waals surface area contributed by atoms with Crippen molar-refractivity contribution in [2.75, 3.05) is 26.4 Å². The highest BCUT2D eigenvalue weighted by atomic mass is 19.4. The second-order valence-corrected chi connectivity index (χ2v) is 7.82. The average Bonchev–Trinajstić information content (AvgIpc) is 3.60. The molecule has 2 aromatic carbocycles. The minimum Gasteiger partial charge on any atom is -0.485 e. The highest BCUT2D eigenvalue weighted by Gasteiger charge is 2.73. The standard InChI is InChI=1S/C21H14F10O4/c22-13-1-9(2-14(23)17(13)34-7-11-5-32-11)19(20(26,27)28,21(29,30)31)10-3-15(24)18(16(25)4-10)35-8-12-6-33-12/h1-4,11-12H,5-8H2. The molecule has 2 aromatic rings. The second-order valence-electron chi connectivity index (χ2n) is 7.82. The highest BCUT2D eigenvalue weighted by Crippen LogP contribution is 2.57. The van der Waals surface area contributed by atoms with E-state index in [1.165, 1.54) is 0 Å². The molecule has 0 radical (unpaired) electrons. The van der Waals surface area contributed by atoms with E-state index in [1.54, 1.807) is 0 Å². The number of benzene rings is 2. The van der Waals surface area contributed by atoms with Crippen LogP contribution < -0.4 is 9.47 Å². The van der Waals surface area contributed by atoms with Gasteiger partial charge in [0.1, 0.15) is 25.4 Å². The van der Waals surface area contributed by atoms with Crippen LogP contribution in [0.15, 0.2) is 24.3 Å². The van der Waals surface area contributed by atoms with Crippen molar-refractivity contribution in [2.24, 2.45) is 0 Å². The van der Waals surface area contributed by atoms with E-state index >= 15 is 0 Å². The van der Waals surface area contributed by atoms with Gasteiger partial charge in [0.15, 0.2) is 34.8 Å². The summed E-state index contributed by atoms with van der Waals surface area (Å²) in [4.78, 5) is 0. The van der Waals surface area contributed by atoms with Gasteiger partial charge in [-0.2, -0.15) is 26.3 Å². The molecular formula is C21H14F10O4. The van der Waals surface area contributed by atoms with E-state index in [4.69, 9.17) is 18.9 Å². The maximum absolute atomic E-state index is 14.5. The second kappa shape index (κ2) is 8.73. The van der Waals surface area contributed by atoms with Crippen LogP contribution in [0.3, 0.4) is 0 Å². The predicted octanol–water partition coefficient (Wildman–Crippen LogP) is 5.21. The first-order valence-corrected chi connectivity index (χ1v) is 9.87. The Morgan fingerprint density at radius 3 is 1.14 bits per heavy atom. The van der Waals surface area contributed by atoms with E-state index in [0.717, 1.165) is 0 Å². The van der Waals surface area contributed by atoms with Gasteiger partial charge in [0.25, 0.3) is 0 Å². The molecule has 2 aliphatic heterocycles. The molecule has 0 saturated carbocycles. The SMILES string of the molecule is Fc1cc(C(c2cc(F)c(OCC3CO3)c(F)c2)(C(F)(F)F)C(F)(F)F)cc(F)c1OCC1CO1. The molecular weight excluding hydrogens is 506 g/mol. The molecule has 0 bridgehead atoms. The van der Waals surface area contributed by atoms with Crippen LogP contribution in [0.25, 0.3) is 0 Å². The first-order chi connectivity index (χ1) is 16.3. The van der Waals surface area contributed by atoms with Crippen LogP contribution in [-0.2, 0) is 14.9 Å². The zero-order valence-corrected chi connectivity index (χ0v) is 17.2. The predicted molar refractivity (Wildman–Crippen MR) is 96.1 cm³/mol. The number of ether oxygens (including phenoxy) is 4. The van der Waals surface area contributed by atoms with Crippen LogP contribution in [0.4, 0.5) is 43.9 Å². The van der Waals surface area contributed by atoms with Crippen molar-refractivity contribution >= 4 is 0 Å². The van der Waals surface area contributed by atoms with Gasteiger partial charge in [0, 0.05) is 0 Å². The molecule has 2 fully saturated rings. The molecule has 192 valence electrons. The van der Waals surface area contributed by atoms with Crippen molar-refractivity contribution in [3.05, 3.63) is 58.7 Å². The van der Waals surface area contributed by atoms with E-state index in [1.807, 2.05) is 0 Å². The van der Waals surface area contributed by atoms with Gasteiger partial charge in [-0.05, 0) is 35.4 Å². The van der Waals surface area contributed by atoms with E-state index in [-0.39, 0.29) is 37.5 Å². The lowest BCUT2D eigenvalue weighted by molar-refractivity contribution is -0.288. The number of epoxide rings is 2. The molecule has 35 heavy (non-hydrogen) atoms. The molecule has 2 heterocycles. The summed E-state index contributed by atoms with van der Waals surface area (Å²) in [5, 5.41) is 0. The van der Waals surface area contributed by atoms with Gasteiger partial charge in [0.05, 0.1) is 13.2 Å². The van der Waals surface area contributed by atoms with Crippen molar-refractivity contribution in [3.8, 4) is 11.5 Å². The van der Waals surface area contributed by atoms with Crippen molar-refractivity contribution in [1.82, 2.24) is 0 Å². The molecule has 2 unspecified atom stereocenters. The highest BCUT2D eigenvalue weighted by molar-refractivity contribution is 5.48. The summed E-state index contributed by atoms with van der Waals surface area (Å²) in [6.07, 6.45) is -13.8. The van der Waals surface area contributed by atoms with Gasteiger partial charge >= 0.3 is 12.4 Å². The van der Waals surface area contributed by atoms with Crippen molar-refractivity contribution < 1.29 is 62.9 Å². The molecule has 2 atom stereocenters. The van der Waals surface area contributed by atoms with Crippen LogP contribution >= 0.6 is 0 Å². The Bertz CT molecular complexity index is 973. The molecule has 0 N–H and O–H groups in total. The summed E-state index contributed by atoms with van der Waals surface area (Å²) in [5.74, 6) is -10.0. The Morgan fingerprint density at radius 1 is 0.629 bits per heavy atom. The lowest BCUT2D eigenvalue weighted by Crippen LogP contribution is -2.55. The summed E-state index contributed by atoms with van der Waals surface area (Å²) >= 11 is 0. The largest absolute Gasteiger partial charge is 0.485 e. The minimum atomic E-state index is -6.35. The Kier molecular flexibility index (Phi) is 6.32. The Morgan fingerprint density at radius 2 is 0.914 bits per heavy atom. The van der Waals surface area contributed by atoms with Crippen molar-refractivity contribution in [1.29, 1.82) is 0 Å². The lowest BCUT2D eigenvalue weighted by atomic mass is 9.72. The molecule has 0 spiro atoms. The topological polar surface area (TPSA) is 43.5 Å². The molecule has 2 aliphatic rings. The zero-order valence-electron chi connectivity index (χ0n) is 17.2. The third-order valence-electron chi connectivity index (χ3n) is 5.34. The minimum absolute atomic E-state index is 0.192. The Labute approximate surface area is 190 Å². The van der Waals surface area contributed by atoms with Gasteiger partial charge in [-0.1, -0.05) is 0 Å². The van der Waals surface area contributed by atoms with Crippen molar-refractivity contribution in [3.63, 3.8) is 0 Å². The quantitative estimate of drug-likeness (QED) is 0.354. The Hall–Kier alpha value is -2.74. The fraction of sp³-hybridized carbons (Fsp3) is 0.429. The lowest BCUT2D eigenvalue weighted by Gasteiger charge is -2.38. The van der Waals surface area contributed by atoms with Gasteiger partial charge < -0.3 is 18.9 Å². The van der Waals surface area contributed by atoms with Gasteiger partial charge in [0.2, 0.25) is 5.41 Å². The summed E-state index contributed by atoms with van der Waals surface area (Å²) in [7, 11) is 0. The Balaban J connectivity index is 1.86. The number of rotatable bonds is 8. The number of halogens is 10. The first kappa shape index (κ1) is 25.4. The number of alkyl halides is 6. The van der Waals surface area contributed by atoms with Crippen molar-refractivity contribution in [2.45, 2.75) is 30.0 Å². The number of hydrogen-bond acceptors (Lipinski definition) is 4. The van der Waals surface area contributed by atoms with Crippen LogP contribution in [0.2, 0.25) is 0 Å². The van der Waals surface area contributed by atoms with Crippen LogP contribution in [0.5, 0.6) is 11.5 Å². The third kappa shape index (κ3) is 4.73. The van der Waals surface area contributed by atoms with E-state index < -0.39 is 89.1 Å². The molecule has 0 aromatic heterocycles. The van der Waals surface area contributed by atoms with Crippen LogP contribution in [0.1, 0.15) is 11.1 Å². The average molecular weight is 520 g/mol. The van der Waals surface area contributed by atoms with Gasteiger partial charge in [-0.15, -0.1) is 0 Å². The zero-order chi connectivity index (χ0) is 25.8. The summed E-state index contributed by atoms with van der Waals surface area (Å²) < 4.78 is 162. The molecule has 4 rings (SSSR count). The summed E-state index contributed by atoms with van der Waals surface area (Å²) in [6.45, 7) is -0.421. The summed E-state index contributed by atoms with van der Waals surface area (Å²) in [5.41, 5.74) is -9.21. The maximum Gasteiger partial charge on any atom is 0.411 e. The van der Waals surface area contributed by atoms with Gasteiger partial charge in [-0.25, -0.2) is 17.6 Å². The fourth-order valence-corrected chi connectivity index (χ4v) is 3.49. The van der Waals surface area contributed by atoms with Gasteiger partial charge in [-0.3, -0.25) is 0 Å². The first-order valence-electron chi connectivity index (χ1n) is 9.87. The van der Waals surface area contributed by atoms with E-state index in [2.05, 4.69) is 0 Å². The monoisotopic (exact) mass is 520 g/mol. The molecule has 4 nitrogen and oxygen atoms in total. The maximum atomic E-state index is 14.5. The summed E-state index contributed by atoms with van der Waals surface area (Å²) in [6, 6.07) is -0.953. The fourth-order valence-electron chi connectivity index (χ4n) is 3.49. The smallest absolute Gasteiger partial charge is 0.411 e. The normalized spacial score (nSPS) is 20.1. The van der Waals surface area contributed by atoms with E-state index in [9.17, 15) is 43.9 Å². The van der Waals surface area contributed by atoms with Crippen LogP contribution in [-0.4, -0.2) is 51.0 Å².